The van der Waals surface area contributed by atoms with Gasteiger partial charge >= 0.3 is 0 Å². The van der Waals surface area contributed by atoms with Gasteiger partial charge in [0.25, 0.3) is 0 Å². The number of carbonyl (C=O) groups is 2. The number of benzene rings is 3. The molecule has 2 amide bonds. The summed E-state index contributed by atoms with van der Waals surface area (Å²) in [5, 5.41) is 3.29. The van der Waals surface area contributed by atoms with Crippen LogP contribution in [0.1, 0.15) is 48.8 Å². The van der Waals surface area contributed by atoms with Crippen LogP contribution >= 0.6 is 15.9 Å². The molecule has 1 atom stereocenters. The van der Waals surface area contributed by atoms with Gasteiger partial charge in [0.2, 0.25) is 11.8 Å². The summed E-state index contributed by atoms with van der Waals surface area (Å²) >= 11 is 3.55. The van der Waals surface area contributed by atoms with E-state index >= 15 is 0 Å². The van der Waals surface area contributed by atoms with Gasteiger partial charge in [0.1, 0.15) is 11.8 Å². The standard InChI is InChI=1S/C31H35BrN2O3/c1-37-28-17-15-24(16-18-28)21-30(35)34(22-25-11-8-12-26(32)19-25)29(20-23-9-4-2-5-10-23)31(36)33-27-13-6-3-7-14-27/h2,4-5,8-12,15-19,27,29H,3,6-7,13-14,20-22H2,1H3,(H,33,36)/t29-/m0/s1. The number of nitrogens with one attached hydrogen (secondary N) is 1. The number of hydrogen-bond acceptors (Lipinski definition) is 3. The molecule has 3 aromatic carbocycles. The lowest BCUT2D eigenvalue weighted by atomic mass is 9.94. The van der Waals surface area contributed by atoms with Crippen LogP contribution in [0.5, 0.6) is 5.75 Å². The Labute approximate surface area is 228 Å². The van der Waals surface area contributed by atoms with Crippen molar-refractivity contribution in [3.8, 4) is 5.75 Å². The quantitative estimate of drug-likeness (QED) is 0.325. The van der Waals surface area contributed by atoms with Crippen molar-refractivity contribution in [1.29, 1.82) is 0 Å². The largest absolute Gasteiger partial charge is 0.497 e. The summed E-state index contributed by atoms with van der Waals surface area (Å²) in [4.78, 5) is 29.5. The van der Waals surface area contributed by atoms with Gasteiger partial charge in [-0.1, -0.05) is 89.8 Å². The van der Waals surface area contributed by atoms with Crippen LogP contribution in [0.4, 0.5) is 0 Å². The molecule has 1 saturated carbocycles. The lowest BCUT2D eigenvalue weighted by Gasteiger charge is -2.33. The number of hydrogen-bond donors (Lipinski definition) is 1. The van der Waals surface area contributed by atoms with Gasteiger partial charge in [-0.05, 0) is 53.8 Å². The van der Waals surface area contributed by atoms with Crippen LogP contribution in [-0.4, -0.2) is 35.9 Å². The molecular formula is C31H35BrN2O3. The molecule has 4 rings (SSSR count). The number of halogens is 1. The van der Waals surface area contributed by atoms with Crippen LogP contribution in [0, 0.1) is 0 Å². The Bertz CT molecular complexity index is 1160. The van der Waals surface area contributed by atoms with Crippen molar-refractivity contribution < 1.29 is 14.3 Å². The Kier molecular flexibility index (Phi) is 9.78. The van der Waals surface area contributed by atoms with Crippen molar-refractivity contribution in [2.24, 2.45) is 0 Å². The van der Waals surface area contributed by atoms with E-state index in [1.807, 2.05) is 78.9 Å². The van der Waals surface area contributed by atoms with E-state index in [1.165, 1.54) is 6.42 Å². The van der Waals surface area contributed by atoms with Crippen molar-refractivity contribution in [3.05, 3.63) is 100 Å². The van der Waals surface area contributed by atoms with E-state index in [-0.39, 0.29) is 24.3 Å². The first-order valence-corrected chi connectivity index (χ1v) is 13.8. The fourth-order valence-corrected chi connectivity index (χ4v) is 5.40. The average Bonchev–Trinajstić information content (AvgIpc) is 2.92. The Morgan fingerprint density at radius 2 is 1.62 bits per heavy atom. The minimum absolute atomic E-state index is 0.0752. The SMILES string of the molecule is COc1ccc(CC(=O)N(Cc2cccc(Br)c2)[C@@H](Cc2ccccc2)C(=O)NC2CCCCC2)cc1. The van der Waals surface area contributed by atoms with Crippen molar-refractivity contribution in [2.45, 2.75) is 63.6 Å². The molecule has 6 heteroatoms. The fraction of sp³-hybridized carbons (Fsp3) is 0.355. The number of methoxy groups -OCH3 is 1. The summed E-state index contributed by atoms with van der Waals surface area (Å²) in [5.41, 5.74) is 2.89. The summed E-state index contributed by atoms with van der Waals surface area (Å²) in [6.45, 7) is 0.351. The maximum absolute atomic E-state index is 13.9. The lowest BCUT2D eigenvalue weighted by molar-refractivity contribution is -0.141. The molecule has 0 aliphatic heterocycles. The zero-order valence-corrected chi connectivity index (χ0v) is 23.0. The predicted molar refractivity (Wildman–Crippen MR) is 150 cm³/mol. The van der Waals surface area contributed by atoms with E-state index in [0.29, 0.717) is 13.0 Å². The van der Waals surface area contributed by atoms with Crippen LogP contribution in [0.15, 0.2) is 83.3 Å². The molecule has 3 aromatic rings. The first kappa shape index (κ1) is 26.9. The highest BCUT2D eigenvalue weighted by molar-refractivity contribution is 9.10. The van der Waals surface area contributed by atoms with Crippen LogP contribution in [0.25, 0.3) is 0 Å². The molecule has 0 radical (unpaired) electrons. The van der Waals surface area contributed by atoms with E-state index in [1.54, 1.807) is 12.0 Å². The summed E-state index contributed by atoms with van der Waals surface area (Å²) in [6, 6.07) is 25.0. The van der Waals surface area contributed by atoms with Crippen molar-refractivity contribution in [2.75, 3.05) is 7.11 Å². The normalized spacial score (nSPS) is 14.5. The third-order valence-electron chi connectivity index (χ3n) is 6.98. The first-order valence-electron chi connectivity index (χ1n) is 13.0. The molecule has 0 bridgehead atoms. The minimum atomic E-state index is -0.617. The third-order valence-corrected chi connectivity index (χ3v) is 7.47. The summed E-state index contributed by atoms with van der Waals surface area (Å²) in [7, 11) is 1.62. The van der Waals surface area contributed by atoms with Crippen LogP contribution < -0.4 is 10.1 Å². The zero-order valence-electron chi connectivity index (χ0n) is 21.4. The zero-order chi connectivity index (χ0) is 26.0. The van der Waals surface area contributed by atoms with E-state index in [4.69, 9.17) is 4.74 Å². The van der Waals surface area contributed by atoms with Gasteiger partial charge in [-0.2, -0.15) is 0 Å². The predicted octanol–water partition coefficient (Wildman–Crippen LogP) is 6.09. The molecular weight excluding hydrogens is 528 g/mol. The topological polar surface area (TPSA) is 58.6 Å². The maximum Gasteiger partial charge on any atom is 0.243 e. The number of rotatable bonds is 10. The van der Waals surface area contributed by atoms with Gasteiger partial charge < -0.3 is 15.0 Å². The molecule has 0 saturated heterocycles. The van der Waals surface area contributed by atoms with E-state index < -0.39 is 6.04 Å². The summed E-state index contributed by atoms with van der Waals surface area (Å²) in [5.74, 6) is 0.592. The molecule has 5 nitrogen and oxygen atoms in total. The number of amides is 2. The monoisotopic (exact) mass is 562 g/mol. The van der Waals surface area contributed by atoms with Gasteiger partial charge in [-0.25, -0.2) is 0 Å². The molecule has 1 fully saturated rings. The second-order valence-electron chi connectivity index (χ2n) is 9.73. The van der Waals surface area contributed by atoms with Gasteiger partial charge in [-0.3, -0.25) is 9.59 Å². The summed E-state index contributed by atoms with van der Waals surface area (Å²) < 4.78 is 6.21. The molecule has 194 valence electrons. The lowest BCUT2D eigenvalue weighted by Crippen LogP contribution is -2.53. The molecule has 1 aliphatic rings. The second-order valence-corrected chi connectivity index (χ2v) is 10.6. The van der Waals surface area contributed by atoms with Gasteiger partial charge in [0, 0.05) is 23.5 Å². The number of nitrogens with zero attached hydrogens (tertiary/aromatic N) is 1. The molecule has 1 N–H and O–H groups in total. The minimum Gasteiger partial charge on any atom is -0.497 e. The maximum atomic E-state index is 13.9. The Balaban J connectivity index is 1.64. The van der Waals surface area contributed by atoms with Gasteiger partial charge in [0.15, 0.2) is 0 Å². The molecule has 0 heterocycles. The highest BCUT2D eigenvalue weighted by atomic mass is 79.9. The number of ether oxygens (including phenoxy) is 1. The molecule has 37 heavy (non-hydrogen) atoms. The van der Waals surface area contributed by atoms with E-state index in [0.717, 1.165) is 52.6 Å². The highest BCUT2D eigenvalue weighted by Crippen LogP contribution is 2.22. The van der Waals surface area contributed by atoms with Crippen LogP contribution in [0.2, 0.25) is 0 Å². The fourth-order valence-electron chi connectivity index (χ4n) is 4.95. The van der Waals surface area contributed by atoms with Crippen molar-refractivity contribution in [3.63, 3.8) is 0 Å². The Hall–Kier alpha value is -3.12. The van der Waals surface area contributed by atoms with Crippen molar-refractivity contribution in [1.82, 2.24) is 10.2 Å². The Morgan fingerprint density at radius 1 is 0.919 bits per heavy atom. The molecule has 0 spiro atoms. The molecule has 1 aliphatic carbocycles. The summed E-state index contributed by atoms with van der Waals surface area (Å²) in [6.07, 6.45) is 6.14. The first-order chi connectivity index (χ1) is 18.0. The van der Waals surface area contributed by atoms with Crippen molar-refractivity contribution >= 4 is 27.7 Å². The van der Waals surface area contributed by atoms with E-state index in [2.05, 4.69) is 21.2 Å². The van der Waals surface area contributed by atoms with Crippen LogP contribution in [0.3, 0.4) is 0 Å². The average molecular weight is 564 g/mol. The highest BCUT2D eigenvalue weighted by Gasteiger charge is 2.32. The smallest absolute Gasteiger partial charge is 0.243 e. The van der Waals surface area contributed by atoms with Gasteiger partial charge in [0.05, 0.1) is 13.5 Å². The third kappa shape index (κ3) is 7.93. The van der Waals surface area contributed by atoms with E-state index in [9.17, 15) is 9.59 Å². The second kappa shape index (κ2) is 13.4. The molecule has 0 unspecified atom stereocenters. The van der Waals surface area contributed by atoms with Gasteiger partial charge in [-0.15, -0.1) is 0 Å². The Morgan fingerprint density at radius 3 is 2.30 bits per heavy atom. The molecule has 0 aromatic heterocycles. The van der Waals surface area contributed by atoms with Crippen LogP contribution in [-0.2, 0) is 29.0 Å². The number of carbonyl (C=O) groups excluding carboxylic acids is 2.